The lowest BCUT2D eigenvalue weighted by atomic mass is 10.3. The van der Waals surface area contributed by atoms with Crippen LogP contribution < -0.4 is 5.32 Å². The number of nitrogens with zero attached hydrogens (tertiary/aromatic N) is 2. The normalized spacial score (nSPS) is 10.4. The number of aryl methyl sites for hydroxylation is 1. The Morgan fingerprint density at radius 1 is 1.53 bits per heavy atom. The van der Waals surface area contributed by atoms with E-state index in [2.05, 4.69) is 15.5 Å². The van der Waals surface area contributed by atoms with Gasteiger partial charge >= 0.3 is 5.97 Å². The number of nitrogens with one attached hydrogen (secondary N) is 1. The fraction of sp³-hybridized carbons (Fsp3) is 0.273. The number of rotatable bonds is 5. The smallest absolute Gasteiger partial charge is 0.355 e. The van der Waals surface area contributed by atoms with Crippen molar-refractivity contribution in [3.63, 3.8) is 0 Å². The van der Waals surface area contributed by atoms with Crippen molar-refractivity contribution < 1.29 is 19.2 Å². The van der Waals surface area contributed by atoms with Gasteiger partial charge in [0.2, 0.25) is 5.91 Å². The molecule has 0 aromatic carbocycles. The molecule has 2 rings (SSSR count). The van der Waals surface area contributed by atoms with E-state index in [1.165, 1.54) is 16.7 Å². The van der Waals surface area contributed by atoms with Crippen molar-refractivity contribution in [2.24, 2.45) is 0 Å². The van der Waals surface area contributed by atoms with Crippen LogP contribution in [0.1, 0.15) is 27.0 Å². The van der Waals surface area contributed by atoms with Gasteiger partial charge in [-0.15, -0.1) is 11.3 Å². The van der Waals surface area contributed by atoms with Crippen molar-refractivity contribution in [3.05, 3.63) is 33.6 Å². The van der Waals surface area contributed by atoms with Gasteiger partial charge in [0, 0.05) is 11.4 Å². The molecule has 7 nitrogen and oxygen atoms in total. The summed E-state index contributed by atoms with van der Waals surface area (Å²) in [6.45, 7) is 1.95. The summed E-state index contributed by atoms with van der Waals surface area (Å²) < 4.78 is 4.85. The summed E-state index contributed by atoms with van der Waals surface area (Å²) in [6.07, 6.45) is 0.120. The number of aromatic carboxylic acids is 1. The van der Waals surface area contributed by atoms with Crippen LogP contribution in [0.3, 0.4) is 0 Å². The third-order valence-corrected chi connectivity index (χ3v) is 3.07. The highest BCUT2D eigenvalue weighted by Gasteiger charge is 2.11. The molecule has 19 heavy (non-hydrogen) atoms. The molecule has 2 heterocycles. The Morgan fingerprint density at radius 2 is 2.32 bits per heavy atom. The molecule has 0 atom stereocenters. The van der Waals surface area contributed by atoms with Gasteiger partial charge in [-0.2, -0.15) is 0 Å². The van der Waals surface area contributed by atoms with Gasteiger partial charge in [-0.05, 0) is 6.92 Å². The van der Waals surface area contributed by atoms with Crippen molar-refractivity contribution in [3.8, 4) is 0 Å². The number of carboxylic acid groups (broad SMARTS) is 1. The summed E-state index contributed by atoms with van der Waals surface area (Å²) in [4.78, 5) is 26.1. The van der Waals surface area contributed by atoms with E-state index < -0.39 is 5.97 Å². The molecule has 0 radical (unpaired) electrons. The first-order chi connectivity index (χ1) is 9.04. The molecule has 0 saturated carbocycles. The molecule has 0 unspecified atom stereocenters. The molecule has 8 heteroatoms. The predicted octanol–water partition coefficient (Wildman–Crippen LogP) is 0.997. The third kappa shape index (κ3) is 3.62. The molecule has 0 saturated heterocycles. The number of hydrogen-bond donors (Lipinski definition) is 2. The molecule has 2 N–H and O–H groups in total. The van der Waals surface area contributed by atoms with Crippen LogP contribution in [0.15, 0.2) is 16.0 Å². The monoisotopic (exact) mass is 281 g/mol. The Balaban J connectivity index is 1.84. The van der Waals surface area contributed by atoms with Crippen LogP contribution >= 0.6 is 11.3 Å². The second-order valence-electron chi connectivity index (χ2n) is 3.81. The van der Waals surface area contributed by atoms with E-state index in [0.29, 0.717) is 16.5 Å². The Kier molecular flexibility index (Phi) is 3.91. The molecule has 2 aromatic rings. The Morgan fingerprint density at radius 3 is 2.89 bits per heavy atom. The van der Waals surface area contributed by atoms with E-state index in [1.54, 1.807) is 13.0 Å². The molecule has 0 aliphatic heterocycles. The molecule has 0 bridgehead atoms. The van der Waals surface area contributed by atoms with Crippen LogP contribution in [0.5, 0.6) is 0 Å². The molecular weight excluding hydrogens is 270 g/mol. The van der Waals surface area contributed by atoms with Crippen LogP contribution in [0, 0.1) is 6.92 Å². The number of hydrogen-bond acceptors (Lipinski definition) is 6. The molecule has 100 valence electrons. The maximum atomic E-state index is 11.6. The molecule has 2 aromatic heterocycles. The Bertz CT molecular complexity index is 605. The van der Waals surface area contributed by atoms with Crippen LogP contribution in [0.2, 0.25) is 0 Å². The van der Waals surface area contributed by atoms with Gasteiger partial charge in [0.05, 0.1) is 18.7 Å². The zero-order valence-corrected chi connectivity index (χ0v) is 10.9. The van der Waals surface area contributed by atoms with Gasteiger partial charge in [0.15, 0.2) is 5.69 Å². The summed E-state index contributed by atoms with van der Waals surface area (Å²) in [5.74, 6) is -0.652. The maximum absolute atomic E-state index is 11.6. The summed E-state index contributed by atoms with van der Waals surface area (Å²) >= 11 is 1.19. The molecule has 0 aliphatic rings. The molecule has 0 fully saturated rings. The summed E-state index contributed by atoms with van der Waals surface area (Å²) in [7, 11) is 0. The van der Waals surface area contributed by atoms with E-state index in [4.69, 9.17) is 9.63 Å². The third-order valence-electron chi connectivity index (χ3n) is 2.23. The van der Waals surface area contributed by atoms with Crippen molar-refractivity contribution in [1.29, 1.82) is 0 Å². The zero-order valence-electron chi connectivity index (χ0n) is 10.0. The predicted molar refractivity (Wildman–Crippen MR) is 65.9 cm³/mol. The molecule has 1 amide bonds. The van der Waals surface area contributed by atoms with Gasteiger partial charge in [-0.25, -0.2) is 9.78 Å². The van der Waals surface area contributed by atoms with Crippen LogP contribution in [0.4, 0.5) is 0 Å². The first-order valence-corrected chi connectivity index (χ1v) is 6.29. The Hall–Kier alpha value is -2.22. The van der Waals surface area contributed by atoms with E-state index in [0.717, 1.165) is 0 Å². The van der Waals surface area contributed by atoms with Gasteiger partial charge in [0.25, 0.3) is 0 Å². The quantitative estimate of drug-likeness (QED) is 0.847. The lowest BCUT2D eigenvalue weighted by Crippen LogP contribution is -2.24. The zero-order chi connectivity index (χ0) is 13.8. The van der Waals surface area contributed by atoms with Gasteiger partial charge < -0.3 is 14.9 Å². The van der Waals surface area contributed by atoms with E-state index in [9.17, 15) is 9.59 Å². The lowest BCUT2D eigenvalue weighted by molar-refractivity contribution is -0.120. The highest BCUT2D eigenvalue weighted by atomic mass is 32.1. The van der Waals surface area contributed by atoms with E-state index in [1.807, 2.05) is 0 Å². The lowest BCUT2D eigenvalue weighted by Gasteiger charge is -2.00. The average molecular weight is 281 g/mol. The maximum Gasteiger partial charge on any atom is 0.355 e. The average Bonchev–Trinajstić information content (AvgIpc) is 2.96. The molecule has 0 spiro atoms. The minimum absolute atomic E-state index is 0.0126. The SMILES string of the molecule is Cc1cc(CC(=O)NCc2nc(C(=O)O)cs2)no1. The van der Waals surface area contributed by atoms with E-state index >= 15 is 0 Å². The summed E-state index contributed by atoms with van der Waals surface area (Å²) in [5, 5.41) is 17.0. The fourth-order valence-corrected chi connectivity index (χ4v) is 2.10. The standard InChI is InChI=1S/C11H11N3O4S/c1-6-2-7(14-18-6)3-9(15)12-4-10-13-8(5-19-10)11(16)17/h2,5H,3-4H2,1H3,(H,12,15)(H,16,17). The number of amides is 1. The largest absolute Gasteiger partial charge is 0.476 e. The Labute approximate surface area is 112 Å². The minimum atomic E-state index is -1.08. The van der Waals surface area contributed by atoms with Crippen LogP contribution in [-0.2, 0) is 17.8 Å². The van der Waals surface area contributed by atoms with E-state index in [-0.39, 0.29) is 24.6 Å². The highest BCUT2D eigenvalue weighted by Crippen LogP contribution is 2.09. The fourth-order valence-electron chi connectivity index (χ4n) is 1.39. The van der Waals surface area contributed by atoms with Crippen molar-refractivity contribution >= 4 is 23.2 Å². The van der Waals surface area contributed by atoms with Crippen molar-refractivity contribution in [2.75, 3.05) is 0 Å². The van der Waals surface area contributed by atoms with Crippen LogP contribution in [-0.4, -0.2) is 27.1 Å². The van der Waals surface area contributed by atoms with Gasteiger partial charge in [-0.3, -0.25) is 4.79 Å². The van der Waals surface area contributed by atoms with Gasteiger partial charge in [0.1, 0.15) is 10.8 Å². The number of thiazole rings is 1. The number of carbonyl (C=O) groups is 2. The topological polar surface area (TPSA) is 105 Å². The first kappa shape index (κ1) is 13.2. The van der Waals surface area contributed by atoms with Crippen molar-refractivity contribution in [2.45, 2.75) is 19.9 Å². The minimum Gasteiger partial charge on any atom is -0.476 e. The van der Waals surface area contributed by atoms with Crippen molar-refractivity contribution in [1.82, 2.24) is 15.5 Å². The molecular formula is C11H11N3O4S. The number of aromatic nitrogens is 2. The van der Waals surface area contributed by atoms with Crippen LogP contribution in [0.25, 0.3) is 0 Å². The van der Waals surface area contributed by atoms with Gasteiger partial charge in [-0.1, -0.05) is 5.16 Å². The summed E-state index contributed by atoms with van der Waals surface area (Å²) in [5.41, 5.74) is 0.543. The second kappa shape index (κ2) is 5.61. The summed E-state index contributed by atoms with van der Waals surface area (Å²) in [6, 6.07) is 1.69. The number of carbonyl (C=O) groups excluding carboxylic acids is 1. The highest BCUT2D eigenvalue weighted by molar-refractivity contribution is 7.09. The second-order valence-corrected chi connectivity index (χ2v) is 4.76. The molecule has 0 aliphatic carbocycles. The number of carboxylic acids is 1. The first-order valence-electron chi connectivity index (χ1n) is 5.41.